The standard InChI is InChI=1S/C12H15N5/c1-17-7-9(6-14-17)10-5-11(13)16-12(15-10)4-8-2-3-8/h5-8H,2-4H2,1H3,(H2,13,15,16). The Kier molecular flexibility index (Phi) is 2.31. The van der Waals surface area contributed by atoms with Crippen molar-refractivity contribution in [3.05, 3.63) is 24.3 Å². The Bertz CT molecular complexity index is 542. The van der Waals surface area contributed by atoms with E-state index in [1.54, 1.807) is 16.9 Å². The summed E-state index contributed by atoms with van der Waals surface area (Å²) in [4.78, 5) is 8.84. The van der Waals surface area contributed by atoms with Crippen LogP contribution in [0.15, 0.2) is 18.5 Å². The third kappa shape index (κ3) is 2.27. The number of rotatable bonds is 3. The molecule has 0 saturated heterocycles. The number of hydrogen-bond acceptors (Lipinski definition) is 4. The Balaban J connectivity index is 1.95. The maximum atomic E-state index is 5.82. The third-order valence-electron chi connectivity index (χ3n) is 2.96. The Labute approximate surface area is 99.7 Å². The van der Waals surface area contributed by atoms with Gasteiger partial charge in [0.05, 0.1) is 11.9 Å². The summed E-state index contributed by atoms with van der Waals surface area (Å²) in [5.41, 5.74) is 7.67. The molecule has 0 aromatic carbocycles. The third-order valence-corrected chi connectivity index (χ3v) is 2.96. The molecule has 2 aromatic rings. The van der Waals surface area contributed by atoms with Crippen LogP contribution in [0.1, 0.15) is 18.7 Å². The van der Waals surface area contributed by atoms with Crippen LogP contribution in [0.4, 0.5) is 5.82 Å². The summed E-state index contributed by atoms with van der Waals surface area (Å²) in [7, 11) is 1.89. The van der Waals surface area contributed by atoms with Crippen molar-refractivity contribution in [3.8, 4) is 11.3 Å². The van der Waals surface area contributed by atoms with E-state index in [1.165, 1.54) is 12.8 Å². The summed E-state index contributed by atoms with van der Waals surface area (Å²) in [6.45, 7) is 0. The normalized spacial score (nSPS) is 15.1. The molecule has 17 heavy (non-hydrogen) atoms. The largest absolute Gasteiger partial charge is 0.384 e. The van der Waals surface area contributed by atoms with E-state index in [0.29, 0.717) is 5.82 Å². The highest BCUT2D eigenvalue weighted by Crippen LogP contribution is 2.32. The van der Waals surface area contributed by atoms with Gasteiger partial charge in [0.15, 0.2) is 0 Å². The average Bonchev–Trinajstić information content (AvgIpc) is 2.97. The summed E-state index contributed by atoms with van der Waals surface area (Å²) in [5.74, 6) is 2.15. The summed E-state index contributed by atoms with van der Waals surface area (Å²) < 4.78 is 1.76. The van der Waals surface area contributed by atoms with Crippen LogP contribution in [0.3, 0.4) is 0 Å². The van der Waals surface area contributed by atoms with Crippen LogP contribution >= 0.6 is 0 Å². The highest BCUT2D eigenvalue weighted by Gasteiger charge is 2.23. The maximum Gasteiger partial charge on any atom is 0.131 e. The summed E-state index contributed by atoms with van der Waals surface area (Å²) >= 11 is 0. The van der Waals surface area contributed by atoms with Gasteiger partial charge in [-0.25, -0.2) is 9.97 Å². The number of aromatic nitrogens is 4. The Morgan fingerprint density at radius 3 is 2.88 bits per heavy atom. The molecule has 1 saturated carbocycles. The predicted molar refractivity (Wildman–Crippen MR) is 65.1 cm³/mol. The molecule has 5 nitrogen and oxygen atoms in total. The lowest BCUT2D eigenvalue weighted by Crippen LogP contribution is -2.02. The van der Waals surface area contributed by atoms with Gasteiger partial charge in [-0.3, -0.25) is 4.68 Å². The lowest BCUT2D eigenvalue weighted by molar-refractivity contribution is 0.767. The van der Waals surface area contributed by atoms with Gasteiger partial charge >= 0.3 is 0 Å². The van der Waals surface area contributed by atoms with E-state index in [9.17, 15) is 0 Å². The molecule has 0 spiro atoms. The number of aryl methyl sites for hydroxylation is 1. The van der Waals surface area contributed by atoms with Crippen LogP contribution in [0.5, 0.6) is 0 Å². The first-order valence-electron chi connectivity index (χ1n) is 5.83. The second-order valence-electron chi connectivity index (χ2n) is 4.64. The molecule has 88 valence electrons. The first kappa shape index (κ1) is 10.3. The minimum Gasteiger partial charge on any atom is -0.384 e. The lowest BCUT2D eigenvalue weighted by Gasteiger charge is -2.03. The first-order valence-corrected chi connectivity index (χ1v) is 5.83. The smallest absolute Gasteiger partial charge is 0.131 e. The zero-order chi connectivity index (χ0) is 11.8. The number of anilines is 1. The van der Waals surface area contributed by atoms with Crippen molar-refractivity contribution < 1.29 is 0 Å². The molecule has 2 aromatic heterocycles. The van der Waals surface area contributed by atoms with Crippen LogP contribution in [0.2, 0.25) is 0 Å². The lowest BCUT2D eigenvalue weighted by atomic mass is 10.2. The highest BCUT2D eigenvalue weighted by atomic mass is 15.2. The molecule has 0 atom stereocenters. The van der Waals surface area contributed by atoms with E-state index in [-0.39, 0.29) is 0 Å². The van der Waals surface area contributed by atoms with Crippen molar-refractivity contribution in [1.82, 2.24) is 19.7 Å². The monoisotopic (exact) mass is 229 g/mol. The van der Waals surface area contributed by atoms with Gasteiger partial charge in [-0.2, -0.15) is 5.10 Å². The fourth-order valence-electron chi connectivity index (χ4n) is 1.89. The highest BCUT2D eigenvalue weighted by molar-refractivity contribution is 5.60. The van der Waals surface area contributed by atoms with Crippen LogP contribution in [-0.2, 0) is 13.5 Å². The van der Waals surface area contributed by atoms with Crippen LogP contribution in [0, 0.1) is 5.92 Å². The van der Waals surface area contributed by atoms with E-state index >= 15 is 0 Å². The molecule has 0 aliphatic heterocycles. The SMILES string of the molecule is Cn1cc(-c2cc(N)nc(CC3CC3)n2)cn1. The minimum atomic E-state index is 0.537. The minimum absolute atomic E-state index is 0.537. The van der Waals surface area contributed by atoms with Crippen molar-refractivity contribution in [2.75, 3.05) is 5.73 Å². The maximum absolute atomic E-state index is 5.82. The number of nitrogen functional groups attached to an aromatic ring is 1. The average molecular weight is 229 g/mol. The van der Waals surface area contributed by atoms with E-state index in [1.807, 2.05) is 13.2 Å². The molecule has 0 radical (unpaired) electrons. The molecule has 1 aliphatic rings. The second kappa shape index (κ2) is 3.84. The van der Waals surface area contributed by atoms with Crippen LogP contribution in [-0.4, -0.2) is 19.7 Å². The molecular formula is C12H15N5. The first-order chi connectivity index (χ1) is 8.20. The number of nitrogens with zero attached hydrogens (tertiary/aromatic N) is 4. The van der Waals surface area contributed by atoms with E-state index in [4.69, 9.17) is 5.73 Å². The number of hydrogen-bond donors (Lipinski definition) is 1. The van der Waals surface area contributed by atoms with Crippen molar-refractivity contribution in [3.63, 3.8) is 0 Å². The van der Waals surface area contributed by atoms with Gasteiger partial charge in [0, 0.05) is 31.3 Å². The van der Waals surface area contributed by atoms with Crippen molar-refractivity contribution >= 4 is 5.82 Å². The molecule has 3 rings (SSSR count). The van der Waals surface area contributed by atoms with E-state index < -0.39 is 0 Å². The van der Waals surface area contributed by atoms with E-state index in [2.05, 4.69) is 15.1 Å². The Morgan fingerprint density at radius 1 is 1.41 bits per heavy atom. The molecule has 5 heteroatoms. The second-order valence-corrected chi connectivity index (χ2v) is 4.64. The topological polar surface area (TPSA) is 69.6 Å². The predicted octanol–water partition coefficient (Wildman–Crippen LogP) is 1.41. The number of nitrogens with two attached hydrogens (primary N) is 1. The summed E-state index contributed by atoms with van der Waals surface area (Å²) in [6, 6.07) is 1.80. The molecule has 1 fully saturated rings. The molecular weight excluding hydrogens is 214 g/mol. The fraction of sp³-hybridized carbons (Fsp3) is 0.417. The molecule has 2 N–H and O–H groups in total. The Hall–Kier alpha value is -1.91. The van der Waals surface area contributed by atoms with Gasteiger partial charge < -0.3 is 5.73 Å². The van der Waals surface area contributed by atoms with E-state index in [0.717, 1.165) is 29.4 Å². The van der Waals surface area contributed by atoms with Gasteiger partial charge in [0.1, 0.15) is 11.6 Å². The van der Waals surface area contributed by atoms with Crippen molar-refractivity contribution in [1.29, 1.82) is 0 Å². The zero-order valence-corrected chi connectivity index (χ0v) is 9.80. The summed E-state index contributed by atoms with van der Waals surface area (Å²) in [6.07, 6.45) is 7.25. The van der Waals surface area contributed by atoms with Gasteiger partial charge in [-0.05, 0) is 18.8 Å². The van der Waals surface area contributed by atoms with Gasteiger partial charge in [0.25, 0.3) is 0 Å². The van der Waals surface area contributed by atoms with Crippen LogP contribution in [0.25, 0.3) is 11.3 Å². The van der Waals surface area contributed by atoms with Gasteiger partial charge in [-0.15, -0.1) is 0 Å². The quantitative estimate of drug-likeness (QED) is 0.864. The molecule has 0 unspecified atom stereocenters. The molecule has 1 aliphatic carbocycles. The Morgan fingerprint density at radius 2 is 2.24 bits per heavy atom. The van der Waals surface area contributed by atoms with Crippen molar-refractivity contribution in [2.24, 2.45) is 13.0 Å². The van der Waals surface area contributed by atoms with Crippen LogP contribution < -0.4 is 5.73 Å². The summed E-state index contributed by atoms with van der Waals surface area (Å²) in [5, 5.41) is 4.14. The van der Waals surface area contributed by atoms with Gasteiger partial charge in [-0.1, -0.05) is 0 Å². The van der Waals surface area contributed by atoms with Crippen molar-refractivity contribution in [2.45, 2.75) is 19.3 Å². The molecule has 0 bridgehead atoms. The zero-order valence-electron chi connectivity index (χ0n) is 9.80. The molecule has 2 heterocycles. The van der Waals surface area contributed by atoms with Gasteiger partial charge in [0.2, 0.25) is 0 Å². The fourth-order valence-corrected chi connectivity index (χ4v) is 1.89. The molecule has 0 amide bonds.